The largest absolute Gasteiger partial charge is 0.396 e. The van der Waals surface area contributed by atoms with E-state index in [1.807, 2.05) is 12.4 Å². The Morgan fingerprint density at radius 2 is 2.17 bits per heavy atom. The van der Waals surface area contributed by atoms with E-state index < -0.39 is 0 Å². The predicted octanol–water partition coefficient (Wildman–Crippen LogP) is 2.18. The van der Waals surface area contributed by atoms with Crippen molar-refractivity contribution in [3.63, 3.8) is 0 Å². The van der Waals surface area contributed by atoms with Crippen LogP contribution in [0.25, 0.3) is 0 Å². The molecule has 2 N–H and O–H groups in total. The lowest BCUT2D eigenvalue weighted by atomic mass is 9.85. The van der Waals surface area contributed by atoms with Crippen LogP contribution in [0.1, 0.15) is 46.4 Å². The normalized spacial score (nSPS) is 13.8. The van der Waals surface area contributed by atoms with E-state index in [-0.39, 0.29) is 12.0 Å². The summed E-state index contributed by atoms with van der Waals surface area (Å²) in [4.78, 5) is 4.39. The van der Waals surface area contributed by atoms with Gasteiger partial charge in [-0.15, -0.1) is 0 Å². The molecule has 0 radical (unpaired) electrons. The molecule has 0 bridgehead atoms. The molecule has 0 saturated carbocycles. The van der Waals surface area contributed by atoms with Gasteiger partial charge < -0.3 is 15.0 Å². The van der Waals surface area contributed by atoms with Crippen molar-refractivity contribution < 1.29 is 5.11 Å². The minimum Gasteiger partial charge on any atom is -0.396 e. The molecule has 1 atom stereocenters. The van der Waals surface area contributed by atoms with Crippen LogP contribution in [0.3, 0.4) is 0 Å². The second kappa shape index (κ2) is 6.90. The molecule has 1 heterocycles. The first-order valence-corrected chi connectivity index (χ1v) is 6.83. The highest BCUT2D eigenvalue weighted by molar-refractivity contribution is 4.93. The number of rotatable bonds is 7. The van der Waals surface area contributed by atoms with Crippen molar-refractivity contribution in [2.75, 3.05) is 6.61 Å². The highest BCUT2D eigenvalue weighted by atomic mass is 16.3. The van der Waals surface area contributed by atoms with Crippen LogP contribution < -0.4 is 5.32 Å². The van der Waals surface area contributed by atoms with Crippen molar-refractivity contribution in [1.82, 2.24) is 14.9 Å². The Kier molecular flexibility index (Phi) is 5.82. The van der Waals surface area contributed by atoms with Crippen LogP contribution in [0.4, 0.5) is 0 Å². The first kappa shape index (κ1) is 15.2. The maximum Gasteiger partial charge on any atom is 0.122 e. The second-order valence-corrected chi connectivity index (χ2v) is 5.85. The van der Waals surface area contributed by atoms with Gasteiger partial charge >= 0.3 is 0 Å². The number of aliphatic hydroxyl groups excluding tert-OH is 1. The molecule has 1 rings (SSSR count). The molecule has 104 valence electrons. The Labute approximate surface area is 110 Å². The number of hydrogen-bond acceptors (Lipinski definition) is 3. The molecule has 0 aliphatic heterocycles. The number of aryl methyl sites for hydroxylation is 1. The van der Waals surface area contributed by atoms with E-state index in [1.54, 1.807) is 0 Å². The SMILES string of the molecule is CCCn1ccnc1CNC(CCO)C(C)(C)C. The van der Waals surface area contributed by atoms with E-state index in [0.717, 1.165) is 31.8 Å². The Morgan fingerprint density at radius 1 is 1.44 bits per heavy atom. The zero-order valence-electron chi connectivity index (χ0n) is 12.1. The Morgan fingerprint density at radius 3 is 2.72 bits per heavy atom. The summed E-state index contributed by atoms with van der Waals surface area (Å²) in [6, 6.07) is 0.300. The topological polar surface area (TPSA) is 50.1 Å². The highest BCUT2D eigenvalue weighted by Crippen LogP contribution is 2.21. The first-order valence-electron chi connectivity index (χ1n) is 6.83. The minimum absolute atomic E-state index is 0.144. The quantitative estimate of drug-likeness (QED) is 0.783. The van der Waals surface area contributed by atoms with Gasteiger partial charge in [-0.25, -0.2) is 4.98 Å². The molecule has 0 saturated heterocycles. The van der Waals surface area contributed by atoms with E-state index in [2.05, 4.69) is 42.6 Å². The van der Waals surface area contributed by atoms with Gasteiger partial charge in [0.05, 0.1) is 6.54 Å². The van der Waals surface area contributed by atoms with E-state index in [9.17, 15) is 0 Å². The number of nitrogens with zero attached hydrogens (tertiary/aromatic N) is 2. The van der Waals surface area contributed by atoms with Gasteiger partial charge in [-0.2, -0.15) is 0 Å². The Balaban J connectivity index is 2.58. The molecule has 1 unspecified atom stereocenters. The third-order valence-electron chi connectivity index (χ3n) is 3.24. The molecule has 1 aromatic rings. The first-order chi connectivity index (χ1) is 8.49. The van der Waals surface area contributed by atoms with Gasteiger partial charge in [0.15, 0.2) is 0 Å². The van der Waals surface area contributed by atoms with Crippen molar-refractivity contribution in [1.29, 1.82) is 0 Å². The van der Waals surface area contributed by atoms with E-state index in [1.165, 1.54) is 0 Å². The zero-order valence-corrected chi connectivity index (χ0v) is 12.1. The van der Waals surface area contributed by atoms with Gasteiger partial charge in [-0.05, 0) is 18.3 Å². The van der Waals surface area contributed by atoms with Gasteiger partial charge in [0, 0.05) is 31.6 Å². The van der Waals surface area contributed by atoms with Gasteiger partial charge in [0.25, 0.3) is 0 Å². The van der Waals surface area contributed by atoms with E-state index in [4.69, 9.17) is 5.11 Å². The third-order valence-corrected chi connectivity index (χ3v) is 3.24. The monoisotopic (exact) mass is 253 g/mol. The number of imidazole rings is 1. The summed E-state index contributed by atoms with van der Waals surface area (Å²) in [5.41, 5.74) is 0.144. The molecular formula is C14H27N3O. The fourth-order valence-electron chi connectivity index (χ4n) is 2.14. The molecule has 0 aliphatic carbocycles. The van der Waals surface area contributed by atoms with Gasteiger partial charge in [0.2, 0.25) is 0 Å². The van der Waals surface area contributed by atoms with Crippen LogP contribution in [-0.2, 0) is 13.1 Å². The lowest BCUT2D eigenvalue weighted by Gasteiger charge is -2.31. The van der Waals surface area contributed by atoms with Crippen molar-refractivity contribution in [2.45, 2.75) is 59.7 Å². The molecule has 18 heavy (non-hydrogen) atoms. The Bertz CT molecular complexity index is 341. The summed E-state index contributed by atoms with van der Waals surface area (Å²) in [6.45, 7) is 10.7. The summed E-state index contributed by atoms with van der Waals surface area (Å²) < 4.78 is 2.19. The summed E-state index contributed by atoms with van der Waals surface area (Å²) >= 11 is 0. The maximum absolute atomic E-state index is 9.14. The standard InChI is InChI=1S/C14H27N3O/c1-5-8-17-9-7-15-13(17)11-16-12(6-10-18)14(2,3)4/h7,9,12,16,18H,5-6,8,10-11H2,1-4H3. The predicted molar refractivity (Wildman–Crippen MR) is 74.3 cm³/mol. The third kappa shape index (κ3) is 4.42. The zero-order chi connectivity index (χ0) is 13.6. The maximum atomic E-state index is 9.14. The van der Waals surface area contributed by atoms with Crippen LogP contribution in [0.15, 0.2) is 12.4 Å². The van der Waals surface area contributed by atoms with Gasteiger partial charge in [-0.1, -0.05) is 27.7 Å². The molecule has 0 amide bonds. The number of aromatic nitrogens is 2. The Hall–Kier alpha value is -0.870. The van der Waals surface area contributed by atoms with Crippen molar-refractivity contribution in [3.05, 3.63) is 18.2 Å². The molecule has 0 aromatic carbocycles. The molecule has 4 heteroatoms. The van der Waals surface area contributed by atoms with Crippen LogP contribution in [0.5, 0.6) is 0 Å². The molecule has 0 aliphatic rings. The minimum atomic E-state index is 0.144. The van der Waals surface area contributed by atoms with E-state index >= 15 is 0 Å². The number of aliphatic hydroxyl groups is 1. The summed E-state index contributed by atoms with van der Waals surface area (Å²) in [5.74, 6) is 1.07. The number of nitrogens with one attached hydrogen (secondary N) is 1. The van der Waals surface area contributed by atoms with Crippen LogP contribution in [-0.4, -0.2) is 27.3 Å². The van der Waals surface area contributed by atoms with Crippen LogP contribution >= 0.6 is 0 Å². The lowest BCUT2D eigenvalue weighted by Crippen LogP contribution is -2.41. The molecule has 4 nitrogen and oxygen atoms in total. The average molecular weight is 253 g/mol. The number of hydrogen-bond donors (Lipinski definition) is 2. The average Bonchev–Trinajstić information content (AvgIpc) is 2.71. The molecular weight excluding hydrogens is 226 g/mol. The molecule has 0 fully saturated rings. The van der Waals surface area contributed by atoms with Crippen molar-refractivity contribution in [2.24, 2.45) is 5.41 Å². The molecule has 1 aromatic heterocycles. The molecule has 0 spiro atoms. The second-order valence-electron chi connectivity index (χ2n) is 5.85. The summed E-state index contributed by atoms with van der Waals surface area (Å²) in [6.07, 6.45) is 5.77. The smallest absolute Gasteiger partial charge is 0.122 e. The summed E-state index contributed by atoms with van der Waals surface area (Å²) in [5, 5.41) is 12.7. The van der Waals surface area contributed by atoms with Crippen LogP contribution in [0.2, 0.25) is 0 Å². The van der Waals surface area contributed by atoms with Crippen molar-refractivity contribution in [3.8, 4) is 0 Å². The van der Waals surface area contributed by atoms with Crippen molar-refractivity contribution >= 4 is 0 Å². The fraction of sp³-hybridized carbons (Fsp3) is 0.786. The summed E-state index contributed by atoms with van der Waals surface area (Å²) in [7, 11) is 0. The van der Waals surface area contributed by atoms with Gasteiger partial charge in [0.1, 0.15) is 5.82 Å². The van der Waals surface area contributed by atoms with Gasteiger partial charge in [-0.3, -0.25) is 0 Å². The highest BCUT2D eigenvalue weighted by Gasteiger charge is 2.23. The lowest BCUT2D eigenvalue weighted by molar-refractivity contribution is 0.195. The van der Waals surface area contributed by atoms with Crippen LogP contribution in [0, 0.1) is 5.41 Å². The van der Waals surface area contributed by atoms with E-state index in [0.29, 0.717) is 6.04 Å². The fourth-order valence-corrected chi connectivity index (χ4v) is 2.14.